The molecule has 2 rings (SSSR count). The van der Waals surface area contributed by atoms with E-state index in [2.05, 4.69) is 15.3 Å². The van der Waals surface area contributed by atoms with Gasteiger partial charge in [0.05, 0.1) is 0 Å². The predicted molar refractivity (Wildman–Crippen MR) is 82.1 cm³/mol. The van der Waals surface area contributed by atoms with Crippen molar-refractivity contribution in [1.29, 1.82) is 0 Å². The first-order valence-corrected chi connectivity index (χ1v) is 8.45. The molecular formula is C13H23N5O2S. The molecule has 0 aromatic carbocycles. The van der Waals surface area contributed by atoms with Crippen LogP contribution in [0.25, 0.3) is 0 Å². The number of piperidine rings is 1. The first-order chi connectivity index (χ1) is 9.95. The van der Waals surface area contributed by atoms with E-state index in [0.717, 1.165) is 19.4 Å². The van der Waals surface area contributed by atoms with Gasteiger partial charge in [0.2, 0.25) is 10.0 Å². The molecule has 0 atom stereocenters. The van der Waals surface area contributed by atoms with Gasteiger partial charge in [-0.15, -0.1) is 0 Å². The van der Waals surface area contributed by atoms with Gasteiger partial charge in [0.1, 0.15) is 4.90 Å². The zero-order chi connectivity index (χ0) is 15.5. The molecule has 8 heteroatoms. The molecule has 2 heterocycles. The minimum Gasteiger partial charge on any atom is -0.309 e. The van der Waals surface area contributed by atoms with Crippen molar-refractivity contribution in [3.63, 3.8) is 0 Å². The third-order valence-electron chi connectivity index (χ3n) is 3.72. The van der Waals surface area contributed by atoms with Crippen LogP contribution in [0.2, 0.25) is 0 Å². The van der Waals surface area contributed by atoms with Crippen molar-refractivity contribution in [2.75, 3.05) is 39.2 Å². The van der Waals surface area contributed by atoms with Gasteiger partial charge < -0.3 is 10.3 Å². The lowest BCUT2D eigenvalue weighted by molar-refractivity contribution is 0.225. The minimum absolute atomic E-state index is 0.138. The fourth-order valence-electron chi connectivity index (χ4n) is 2.69. The fraction of sp³-hybridized carbons (Fsp3) is 0.615. The first-order valence-electron chi connectivity index (χ1n) is 7.01. The number of sulfonamides is 1. The Morgan fingerprint density at radius 1 is 1.43 bits per heavy atom. The molecule has 0 amide bonds. The number of pyridine rings is 1. The highest BCUT2D eigenvalue weighted by molar-refractivity contribution is 7.89. The Bertz CT molecular complexity index is 568. The summed E-state index contributed by atoms with van der Waals surface area (Å²) in [7, 11) is 0.537. The summed E-state index contributed by atoms with van der Waals surface area (Å²) in [4.78, 5) is 6.25. The maximum Gasteiger partial charge on any atom is 0.246 e. The van der Waals surface area contributed by atoms with E-state index in [1.165, 1.54) is 16.6 Å². The van der Waals surface area contributed by atoms with E-state index in [1.807, 2.05) is 14.1 Å². The highest BCUT2D eigenvalue weighted by atomic mass is 32.2. The molecule has 118 valence electrons. The number of rotatable bonds is 5. The van der Waals surface area contributed by atoms with Gasteiger partial charge in [-0.1, -0.05) is 0 Å². The van der Waals surface area contributed by atoms with E-state index in [-0.39, 0.29) is 10.7 Å². The van der Waals surface area contributed by atoms with Crippen molar-refractivity contribution in [2.24, 2.45) is 11.8 Å². The number of anilines is 1. The van der Waals surface area contributed by atoms with Crippen LogP contribution in [-0.2, 0) is 10.0 Å². The standard InChI is InChI=1S/C13H23N5O2S/c1-17(2)10-11-5-8-18(9-6-11)21(19,20)12-4-3-7-15-13(12)16-14/h3-4,7,11H,5-6,8-10,14H2,1-2H3,(H,15,16). The summed E-state index contributed by atoms with van der Waals surface area (Å²) < 4.78 is 26.9. The fourth-order valence-corrected chi connectivity index (χ4v) is 4.27. The maximum absolute atomic E-state index is 12.7. The second kappa shape index (κ2) is 6.69. The number of nitrogen functional groups attached to an aromatic ring is 1. The van der Waals surface area contributed by atoms with E-state index < -0.39 is 10.0 Å². The van der Waals surface area contributed by atoms with Gasteiger partial charge in [-0.2, -0.15) is 4.31 Å². The Labute approximate surface area is 126 Å². The molecule has 1 aliphatic rings. The highest BCUT2D eigenvalue weighted by Gasteiger charge is 2.31. The molecule has 0 aliphatic carbocycles. The first kappa shape index (κ1) is 16.2. The van der Waals surface area contributed by atoms with Crippen molar-refractivity contribution in [3.05, 3.63) is 18.3 Å². The molecule has 0 unspecified atom stereocenters. The summed E-state index contributed by atoms with van der Waals surface area (Å²) in [5.74, 6) is 6.09. The van der Waals surface area contributed by atoms with Crippen LogP contribution in [0, 0.1) is 5.92 Å². The number of aromatic nitrogens is 1. The van der Waals surface area contributed by atoms with Gasteiger partial charge in [0.15, 0.2) is 5.82 Å². The summed E-state index contributed by atoms with van der Waals surface area (Å²) in [6, 6.07) is 3.13. The van der Waals surface area contributed by atoms with Crippen LogP contribution >= 0.6 is 0 Å². The summed E-state index contributed by atoms with van der Waals surface area (Å²) in [5, 5.41) is 0. The molecule has 0 bridgehead atoms. The molecule has 0 radical (unpaired) electrons. The second-order valence-electron chi connectivity index (χ2n) is 5.60. The third-order valence-corrected chi connectivity index (χ3v) is 5.65. The van der Waals surface area contributed by atoms with Gasteiger partial charge in [0.25, 0.3) is 0 Å². The monoisotopic (exact) mass is 313 g/mol. The Balaban J connectivity index is 2.11. The van der Waals surface area contributed by atoms with Crippen LogP contribution in [0.5, 0.6) is 0 Å². The molecule has 1 aliphatic heterocycles. The van der Waals surface area contributed by atoms with Crippen molar-refractivity contribution in [1.82, 2.24) is 14.2 Å². The Kier molecular flexibility index (Phi) is 5.15. The van der Waals surface area contributed by atoms with E-state index in [4.69, 9.17) is 5.84 Å². The molecule has 1 saturated heterocycles. The topological polar surface area (TPSA) is 91.6 Å². The largest absolute Gasteiger partial charge is 0.309 e. The molecule has 7 nitrogen and oxygen atoms in total. The Morgan fingerprint density at radius 2 is 2.10 bits per heavy atom. The smallest absolute Gasteiger partial charge is 0.246 e. The Hall–Kier alpha value is -1.22. The van der Waals surface area contributed by atoms with Crippen LogP contribution in [-0.4, -0.2) is 56.3 Å². The van der Waals surface area contributed by atoms with Crippen LogP contribution in [0.3, 0.4) is 0 Å². The van der Waals surface area contributed by atoms with E-state index in [1.54, 1.807) is 6.07 Å². The van der Waals surface area contributed by atoms with Crippen molar-refractivity contribution >= 4 is 15.8 Å². The molecule has 1 aromatic heterocycles. The number of hydrazine groups is 1. The zero-order valence-corrected chi connectivity index (χ0v) is 13.3. The average molecular weight is 313 g/mol. The molecule has 3 N–H and O–H groups in total. The SMILES string of the molecule is CN(C)CC1CCN(S(=O)(=O)c2cccnc2NN)CC1. The molecule has 21 heavy (non-hydrogen) atoms. The third kappa shape index (κ3) is 3.70. The zero-order valence-electron chi connectivity index (χ0n) is 12.5. The Morgan fingerprint density at radius 3 is 2.67 bits per heavy atom. The lowest BCUT2D eigenvalue weighted by Crippen LogP contribution is -2.40. The van der Waals surface area contributed by atoms with Crippen LogP contribution < -0.4 is 11.3 Å². The number of hydrogen-bond donors (Lipinski definition) is 2. The van der Waals surface area contributed by atoms with Gasteiger partial charge in [-0.05, 0) is 45.0 Å². The van der Waals surface area contributed by atoms with Gasteiger partial charge in [-0.3, -0.25) is 0 Å². The predicted octanol–water partition coefficient (Wildman–Crippen LogP) is 0.330. The molecular weight excluding hydrogens is 290 g/mol. The van der Waals surface area contributed by atoms with Gasteiger partial charge >= 0.3 is 0 Å². The van der Waals surface area contributed by atoms with Crippen molar-refractivity contribution < 1.29 is 8.42 Å². The van der Waals surface area contributed by atoms with E-state index in [0.29, 0.717) is 19.0 Å². The molecule has 0 saturated carbocycles. The second-order valence-corrected chi connectivity index (χ2v) is 7.51. The lowest BCUT2D eigenvalue weighted by Gasteiger charge is -2.32. The minimum atomic E-state index is -3.54. The lowest BCUT2D eigenvalue weighted by atomic mass is 9.98. The van der Waals surface area contributed by atoms with Crippen LogP contribution in [0.1, 0.15) is 12.8 Å². The molecule has 1 aromatic rings. The summed E-state index contributed by atoms with van der Waals surface area (Å²) >= 11 is 0. The van der Waals surface area contributed by atoms with Gasteiger partial charge in [-0.25, -0.2) is 19.2 Å². The summed E-state index contributed by atoms with van der Waals surface area (Å²) in [6.07, 6.45) is 3.27. The average Bonchev–Trinajstić information content (AvgIpc) is 2.47. The van der Waals surface area contributed by atoms with Gasteiger partial charge in [0, 0.05) is 25.8 Å². The number of hydrogen-bond acceptors (Lipinski definition) is 6. The summed E-state index contributed by atoms with van der Waals surface area (Å²) in [6.45, 7) is 2.08. The van der Waals surface area contributed by atoms with E-state index >= 15 is 0 Å². The van der Waals surface area contributed by atoms with Crippen molar-refractivity contribution in [3.8, 4) is 0 Å². The normalized spacial score (nSPS) is 18.1. The number of nitrogens with two attached hydrogens (primary N) is 1. The number of nitrogens with zero attached hydrogens (tertiary/aromatic N) is 3. The quantitative estimate of drug-likeness (QED) is 0.601. The number of nitrogens with one attached hydrogen (secondary N) is 1. The van der Waals surface area contributed by atoms with Crippen LogP contribution in [0.15, 0.2) is 23.2 Å². The molecule has 0 spiro atoms. The molecule has 1 fully saturated rings. The highest BCUT2D eigenvalue weighted by Crippen LogP contribution is 2.26. The van der Waals surface area contributed by atoms with Crippen LogP contribution in [0.4, 0.5) is 5.82 Å². The summed E-state index contributed by atoms with van der Waals surface area (Å²) in [5.41, 5.74) is 2.35. The van der Waals surface area contributed by atoms with Crippen molar-refractivity contribution in [2.45, 2.75) is 17.7 Å². The van der Waals surface area contributed by atoms with E-state index in [9.17, 15) is 8.42 Å². The maximum atomic E-state index is 12.7.